The Morgan fingerprint density at radius 3 is 2.14 bits per heavy atom. The van der Waals surface area contributed by atoms with Crippen LogP contribution in [0.3, 0.4) is 0 Å². The van der Waals surface area contributed by atoms with Gasteiger partial charge in [0.1, 0.15) is 5.75 Å². The Morgan fingerprint density at radius 2 is 1.68 bits per heavy atom. The first-order chi connectivity index (χ1) is 13.1. The van der Waals surface area contributed by atoms with Gasteiger partial charge in [-0.3, -0.25) is 4.79 Å². The quantitative estimate of drug-likeness (QED) is 0.720. The van der Waals surface area contributed by atoms with Crippen molar-refractivity contribution in [2.45, 2.75) is 36.9 Å². The molecule has 0 aromatic heterocycles. The topological polar surface area (TPSA) is 89.7 Å². The second-order valence-corrected chi connectivity index (χ2v) is 8.96. The Bertz CT molecular complexity index is 854. The maximum Gasteiger partial charge on any atom is 0.573 e. The summed E-state index contributed by atoms with van der Waals surface area (Å²) in [5.74, 6) is -0.582. The van der Waals surface area contributed by atoms with Crippen molar-refractivity contribution >= 4 is 15.9 Å². The zero-order valence-electron chi connectivity index (χ0n) is 15.0. The normalized spacial score (nSPS) is 20.2. The van der Waals surface area contributed by atoms with Crippen LogP contribution in [-0.4, -0.2) is 38.1 Å². The van der Waals surface area contributed by atoms with Gasteiger partial charge in [0.25, 0.3) is 0 Å². The first-order valence-electron chi connectivity index (χ1n) is 8.94. The van der Waals surface area contributed by atoms with Crippen LogP contribution in [-0.2, 0) is 14.8 Å². The SMILES string of the molecule is NC(=O)/C(=C\C1CCN(S(=O)(=O)c2ccc(OC(F)(F)F)cc2)CC1)C1CC1. The van der Waals surface area contributed by atoms with Gasteiger partial charge in [0, 0.05) is 18.7 Å². The molecule has 0 atom stereocenters. The molecule has 6 nitrogen and oxygen atoms in total. The standard InChI is InChI=1S/C18H21F3N2O4S/c19-18(20,21)27-14-3-5-15(6-4-14)28(25,26)23-9-7-12(8-10-23)11-16(17(22)24)13-1-2-13/h3-6,11-13H,1-2,7-10H2,(H2,22,24)/b16-11-. The lowest BCUT2D eigenvalue weighted by molar-refractivity contribution is -0.274. The predicted octanol–water partition coefficient (Wildman–Crippen LogP) is 2.81. The van der Waals surface area contributed by atoms with Gasteiger partial charge in [-0.2, -0.15) is 4.31 Å². The molecule has 1 aromatic rings. The summed E-state index contributed by atoms with van der Waals surface area (Å²) in [6.07, 6.45) is 0.0648. The highest BCUT2D eigenvalue weighted by atomic mass is 32.2. The second-order valence-electron chi connectivity index (χ2n) is 7.02. The number of ether oxygens (including phenoxy) is 1. The minimum atomic E-state index is -4.83. The molecule has 0 unspecified atom stereocenters. The van der Waals surface area contributed by atoms with Crippen molar-refractivity contribution in [3.05, 3.63) is 35.9 Å². The Hall–Kier alpha value is -2.07. The number of sulfonamides is 1. The van der Waals surface area contributed by atoms with E-state index in [1.54, 1.807) is 0 Å². The number of nitrogens with zero attached hydrogens (tertiary/aromatic N) is 1. The number of allylic oxidation sites excluding steroid dienone is 1. The zero-order valence-corrected chi connectivity index (χ0v) is 15.8. The highest BCUT2D eigenvalue weighted by Crippen LogP contribution is 2.38. The molecule has 1 aromatic carbocycles. The number of alkyl halides is 3. The average Bonchev–Trinajstić information content (AvgIpc) is 3.44. The summed E-state index contributed by atoms with van der Waals surface area (Å²) in [7, 11) is -3.81. The molecule has 1 heterocycles. The molecule has 28 heavy (non-hydrogen) atoms. The third-order valence-corrected chi connectivity index (χ3v) is 6.82. The Morgan fingerprint density at radius 1 is 1.11 bits per heavy atom. The zero-order chi connectivity index (χ0) is 20.5. The molecule has 2 aliphatic rings. The van der Waals surface area contributed by atoms with E-state index in [4.69, 9.17) is 5.73 Å². The maximum atomic E-state index is 12.7. The summed E-state index contributed by atoms with van der Waals surface area (Å²) in [6.45, 7) is 0.530. The van der Waals surface area contributed by atoms with Gasteiger partial charge >= 0.3 is 6.36 Å². The lowest BCUT2D eigenvalue weighted by Crippen LogP contribution is -2.38. The number of hydrogen-bond acceptors (Lipinski definition) is 4. The number of carbonyl (C=O) groups excluding carboxylic acids is 1. The van der Waals surface area contributed by atoms with E-state index in [0.29, 0.717) is 18.4 Å². The molecule has 1 saturated carbocycles. The molecule has 0 spiro atoms. The number of benzene rings is 1. The van der Waals surface area contributed by atoms with Crippen molar-refractivity contribution in [2.75, 3.05) is 13.1 Å². The number of rotatable bonds is 6. The Labute approximate surface area is 161 Å². The lowest BCUT2D eigenvalue weighted by atomic mass is 9.94. The molecule has 2 fully saturated rings. The second kappa shape index (κ2) is 7.75. The minimum absolute atomic E-state index is 0.0807. The number of nitrogens with two attached hydrogens (primary N) is 1. The van der Waals surface area contributed by atoms with Gasteiger partial charge in [-0.25, -0.2) is 8.42 Å². The van der Waals surface area contributed by atoms with Crippen LogP contribution >= 0.6 is 0 Å². The summed E-state index contributed by atoms with van der Waals surface area (Å²) >= 11 is 0. The summed E-state index contributed by atoms with van der Waals surface area (Å²) in [5.41, 5.74) is 6.06. The van der Waals surface area contributed by atoms with Crippen molar-refractivity contribution in [2.24, 2.45) is 17.6 Å². The van der Waals surface area contributed by atoms with Gasteiger partial charge in [-0.05, 0) is 61.8 Å². The Balaban J connectivity index is 1.64. The van der Waals surface area contributed by atoms with Crippen molar-refractivity contribution in [3.8, 4) is 5.75 Å². The molecule has 2 N–H and O–H groups in total. The van der Waals surface area contributed by atoms with E-state index in [0.717, 1.165) is 37.1 Å². The van der Waals surface area contributed by atoms with E-state index in [2.05, 4.69) is 4.74 Å². The molecule has 1 aliphatic carbocycles. The van der Waals surface area contributed by atoms with Crippen LogP contribution in [0.4, 0.5) is 13.2 Å². The monoisotopic (exact) mass is 418 g/mol. The molecule has 10 heteroatoms. The van der Waals surface area contributed by atoms with E-state index >= 15 is 0 Å². The van der Waals surface area contributed by atoms with Crippen molar-refractivity contribution < 1.29 is 31.1 Å². The molecule has 1 amide bonds. The number of piperidine rings is 1. The minimum Gasteiger partial charge on any atom is -0.406 e. The van der Waals surface area contributed by atoms with Gasteiger partial charge in [0.15, 0.2) is 0 Å². The predicted molar refractivity (Wildman–Crippen MR) is 94.6 cm³/mol. The van der Waals surface area contributed by atoms with Crippen molar-refractivity contribution in [1.82, 2.24) is 4.31 Å². The Kier molecular flexibility index (Phi) is 5.72. The molecule has 0 radical (unpaired) electrons. The summed E-state index contributed by atoms with van der Waals surface area (Å²) in [6, 6.07) is 4.15. The third-order valence-electron chi connectivity index (χ3n) is 4.91. The van der Waals surface area contributed by atoms with E-state index < -0.39 is 28.0 Å². The number of primary amides is 1. The molecular weight excluding hydrogens is 397 g/mol. The smallest absolute Gasteiger partial charge is 0.406 e. The fraction of sp³-hybridized carbons (Fsp3) is 0.500. The fourth-order valence-corrected chi connectivity index (χ4v) is 4.78. The highest BCUT2D eigenvalue weighted by molar-refractivity contribution is 7.89. The molecule has 154 valence electrons. The van der Waals surface area contributed by atoms with Crippen LogP contribution in [0.15, 0.2) is 40.8 Å². The van der Waals surface area contributed by atoms with E-state index in [1.807, 2.05) is 6.08 Å². The van der Waals surface area contributed by atoms with Crippen molar-refractivity contribution in [1.29, 1.82) is 0 Å². The van der Waals surface area contributed by atoms with Crippen LogP contribution in [0, 0.1) is 11.8 Å². The molecule has 1 aliphatic heterocycles. The molecule has 1 saturated heterocycles. The van der Waals surface area contributed by atoms with Crippen LogP contribution in [0.5, 0.6) is 5.75 Å². The largest absolute Gasteiger partial charge is 0.573 e. The van der Waals surface area contributed by atoms with Crippen molar-refractivity contribution in [3.63, 3.8) is 0 Å². The first-order valence-corrected chi connectivity index (χ1v) is 10.4. The van der Waals surface area contributed by atoms with Crippen LogP contribution < -0.4 is 10.5 Å². The first kappa shape index (κ1) is 20.7. The van der Waals surface area contributed by atoms with E-state index in [1.165, 1.54) is 4.31 Å². The summed E-state index contributed by atoms with van der Waals surface area (Å²) in [5, 5.41) is 0. The van der Waals surface area contributed by atoms with Gasteiger partial charge in [-0.15, -0.1) is 13.2 Å². The van der Waals surface area contributed by atoms with Crippen LogP contribution in [0.2, 0.25) is 0 Å². The van der Waals surface area contributed by atoms with Gasteiger partial charge in [0.05, 0.1) is 4.90 Å². The third kappa shape index (κ3) is 5.05. The van der Waals surface area contributed by atoms with Gasteiger partial charge in [-0.1, -0.05) is 6.08 Å². The number of amides is 1. The average molecular weight is 418 g/mol. The number of carbonyl (C=O) groups is 1. The lowest BCUT2D eigenvalue weighted by Gasteiger charge is -2.30. The molecule has 3 rings (SSSR count). The van der Waals surface area contributed by atoms with Gasteiger partial charge < -0.3 is 10.5 Å². The molecular formula is C18H21F3N2O4S. The van der Waals surface area contributed by atoms with E-state index in [-0.39, 0.29) is 29.8 Å². The van der Waals surface area contributed by atoms with Crippen LogP contribution in [0.25, 0.3) is 0 Å². The summed E-state index contributed by atoms with van der Waals surface area (Å²) in [4.78, 5) is 11.5. The molecule has 0 bridgehead atoms. The van der Waals surface area contributed by atoms with E-state index in [9.17, 15) is 26.4 Å². The fourth-order valence-electron chi connectivity index (χ4n) is 3.31. The van der Waals surface area contributed by atoms with Gasteiger partial charge in [0.2, 0.25) is 15.9 Å². The van der Waals surface area contributed by atoms with Crippen LogP contribution in [0.1, 0.15) is 25.7 Å². The summed E-state index contributed by atoms with van der Waals surface area (Å²) < 4.78 is 67.1. The number of halogens is 3. The maximum absolute atomic E-state index is 12.7. The number of hydrogen-bond donors (Lipinski definition) is 1. The highest BCUT2D eigenvalue weighted by Gasteiger charge is 2.33.